The summed E-state index contributed by atoms with van der Waals surface area (Å²) in [6.45, 7) is 4.04. The summed E-state index contributed by atoms with van der Waals surface area (Å²) in [5.74, 6) is 0.619. The Morgan fingerprint density at radius 3 is 2.88 bits per heavy atom. The quantitative estimate of drug-likeness (QED) is 0.568. The third-order valence-corrected chi connectivity index (χ3v) is 3.08. The molecule has 1 aliphatic rings. The average molecular weight is 220 g/mol. The maximum absolute atomic E-state index is 10.9. The monoisotopic (exact) mass is 220 g/mol. The summed E-state index contributed by atoms with van der Waals surface area (Å²) in [7, 11) is 0. The topological polar surface area (TPSA) is 46.4 Å². The van der Waals surface area contributed by atoms with E-state index in [1.807, 2.05) is 12.1 Å². The number of nitro groups is 1. The predicted octanol–water partition coefficient (Wildman–Crippen LogP) is 2.83. The molecule has 0 radical (unpaired) electrons. The highest BCUT2D eigenvalue weighted by Crippen LogP contribution is 2.30. The Balaban J connectivity index is 2.28. The molecule has 1 aliphatic heterocycles. The van der Waals surface area contributed by atoms with Crippen LogP contribution in [0.5, 0.6) is 0 Å². The SMILES string of the molecule is C[C@@H]1CCCN(c2ccccc2[N+](=O)[O-])C1. The van der Waals surface area contributed by atoms with Gasteiger partial charge in [0.15, 0.2) is 0 Å². The highest BCUT2D eigenvalue weighted by molar-refractivity contribution is 5.63. The third-order valence-electron chi connectivity index (χ3n) is 3.08. The molecule has 1 atom stereocenters. The van der Waals surface area contributed by atoms with Crippen LogP contribution in [-0.2, 0) is 0 Å². The minimum Gasteiger partial charge on any atom is -0.366 e. The van der Waals surface area contributed by atoms with Crippen molar-refractivity contribution in [1.82, 2.24) is 0 Å². The fourth-order valence-electron chi connectivity index (χ4n) is 2.29. The van der Waals surface area contributed by atoms with Crippen molar-refractivity contribution in [3.05, 3.63) is 34.4 Å². The van der Waals surface area contributed by atoms with Crippen LogP contribution >= 0.6 is 0 Å². The van der Waals surface area contributed by atoms with Crippen LogP contribution in [0.3, 0.4) is 0 Å². The first-order valence-corrected chi connectivity index (χ1v) is 5.67. The maximum Gasteiger partial charge on any atom is 0.292 e. The Bertz CT molecular complexity index is 392. The smallest absolute Gasteiger partial charge is 0.292 e. The second kappa shape index (κ2) is 4.51. The van der Waals surface area contributed by atoms with Crippen LogP contribution in [0.4, 0.5) is 11.4 Å². The largest absolute Gasteiger partial charge is 0.366 e. The van der Waals surface area contributed by atoms with Crippen LogP contribution in [-0.4, -0.2) is 18.0 Å². The molecule has 16 heavy (non-hydrogen) atoms. The van der Waals surface area contributed by atoms with E-state index in [-0.39, 0.29) is 10.6 Å². The van der Waals surface area contributed by atoms with Gasteiger partial charge in [-0.15, -0.1) is 0 Å². The molecule has 0 bridgehead atoms. The molecule has 1 aromatic rings. The van der Waals surface area contributed by atoms with Crippen LogP contribution in [0.25, 0.3) is 0 Å². The zero-order chi connectivity index (χ0) is 11.5. The van der Waals surface area contributed by atoms with Gasteiger partial charge >= 0.3 is 0 Å². The summed E-state index contributed by atoms with van der Waals surface area (Å²) in [4.78, 5) is 12.8. The van der Waals surface area contributed by atoms with Crippen molar-refractivity contribution >= 4 is 11.4 Å². The van der Waals surface area contributed by atoms with Crippen molar-refractivity contribution in [1.29, 1.82) is 0 Å². The van der Waals surface area contributed by atoms with Gasteiger partial charge in [0.1, 0.15) is 5.69 Å². The minimum atomic E-state index is -0.297. The number of hydrogen-bond acceptors (Lipinski definition) is 3. The number of anilines is 1. The van der Waals surface area contributed by atoms with E-state index in [4.69, 9.17) is 0 Å². The number of hydrogen-bond donors (Lipinski definition) is 0. The normalized spacial score (nSPS) is 20.8. The molecule has 2 rings (SSSR count). The van der Waals surface area contributed by atoms with Crippen molar-refractivity contribution in [3.8, 4) is 0 Å². The Kier molecular flexibility index (Phi) is 3.08. The zero-order valence-corrected chi connectivity index (χ0v) is 9.43. The summed E-state index contributed by atoms with van der Waals surface area (Å²) >= 11 is 0. The van der Waals surface area contributed by atoms with Gasteiger partial charge in [-0.25, -0.2) is 0 Å². The van der Waals surface area contributed by atoms with Gasteiger partial charge in [0.25, 0.3) is 5.69 Å². The molecule has 0 amide bonds. The molecule has 0 N–H and O–H groups in total. The number of piperidine rings is 1. The van der Waals surface area contributed by atoms with Crippen molar-refractivity contribution in [2.24, 2.45) is 5.92 Å². The number of rotatable bonds is 2. The van der Waals surface area contributed by atoms with Gasteiger partial charge in [-0.2, -0.15) is 0 Å². The summed E-state index contributed by atoms with van der Waals surface area (Å²) in [5.41, 5.74) is 0.982. The van der Waals surface area contributed by atoms with Crippen molar-refractivity contribution in [3.63, 3.8) is 0 Å². The molecular weight excluding hydrogens is 204 g/mol. The second-order valence-electron chi connectivity index (χ2n) is 4.44. The van der Waals surface area contributed by atoms with Crippen LogP contribution in [0.1, 0.15) is 19.8 Å². The standard InChI is InChI=1S/C12H16N2O2/c1-10-5-4-8-13(9-10)11-6-2-3-7-12(11)14(15)16/h2-3,6-7,10H,4-5,8-9H2,1H3/t10-/m1/s1. The molecule has 1 saturated heterocycles. The lowest BCUT2D eigenvalue weighted by Crippen LogP contribution is -2.34. The fraction of sp³-hybridized carbons (Fsp3) is 0.500. The summed E-state index contributed by atoms with van der Waals surface area (Å²) in [6.07, 6.45) is 2.34. The summed E-state index contributed by atoms with van der Waals surface area (Å²) in [5, 5.41) is 10.9. The van der Waals surface area contributed by atoms with Gasteiger partial charge in [-0.3, -0.25) is 10.1 Å². The van der Waals surface area contributed by atoms with E-state index >= 15 is 0 Å². The molecular formula is C12H16N2O2. The Labute approximate surface area is 95.0 Å². The highest BCUT2D eigenvalue weighted by atomic mass is 16.6. The van der Waals surface area contributed by atoms with Crippen molar-refractivity contribution < 1.29 is 4.92 Å². The molecule has 4 nitrogen and oxygen atoms in total. The average Bonchev–Trinajstić information content (AvgIpc) is 2.29. The van der Waals surface area contributed by atoms with Crippen molar-refractivity contribution in [2.45, 2.75) is 19.8 Å². The molecule has 1 fully saturated rings. The number of nitrogens with zero attached hydrogens (tertiary/aromatic N) is 2. The van der Waals surface area contributed by atoms with E-state index in [0.29, 0.717) is 5.92 Å². The fourth-order valence-corrected chi connectivity index (χ4v) is 2.29. The summed E-state index contributed by atoms with van der Waals surface area (Å²) in [6, 6.07) is 7.00. The van der Waals surface area contributed by atoms with Gasteiger partial charge in [0.2, 0.25) is 0 Å². The highest BCUT2D eigenvalue weighted by Gasteiger charge is 2.22. The second-order valence-corrected chi connectivity index (χ2v) is 4.44. The van der Waals surface area contributed by atoms with Crippen molar-refractivity contribution in [2.75, 3.05) is 18.0 Å². The first-order chi connectivity index (χ1) is 7.68. The van der Waals surface area contributed by atoms with Gasteiger partial charge < -0.3 is 4.90 Å². The lowest BCUT2D eigenvalue weighted by atomic mass is 9.99. The van der Waals surface area contributed by atoms with Crippen LogP contribution in [0.2, 0.25) is 0 Å². The molecule has 0 aromatic heterocycles. The molecule has 4 heteroatoms. The lowest BCUT2D eigenvalue weighted by Gasteiger charge is -2.32. The van der Waals surface area contributed by atoms with E-state index in [2.05, 4.69) is 11.8 Å². The Morgan fingerprint density at radius 1 is 1.44 bits per heavy atom. The predicted molar refractivity (Wildman–Crippen MR) is 63.7 cm³/mol. The zero-order valence-electron chi connectivity index (χ0n) is 9.43. The Morgan fingerprint density at radius 2 is 2.19 bits per heavy atom. The summed E-state index contributed by atoms with van der Waals surface area (Å²) < 4.78 is 0. The molecule has 0 saturated carbocycles. The molecule has 0 spiro atoms. The lowest BCUT2D eigenvalue weighted by molar-refractivity contribution is -0.384. The third kappa shape index (κ3) is 2.15. The number of para-hydroxylation sites is 2. The van der Waals surface area contributed by atoms with Gasteiger partial charge in [-0.05, 0) is 24.8 Å². The van der Waals surface area contributed by atoms with E-state index in [1.54, 1.807) is 12.1 Å². The first-order valence-electron chi connectivity index (χ1n) is 5.67. The van der Waals surface area contributed by atoms with E-state index in [9.17, 15) is 10.1 Å². The number of benzene rings is 1. The maximum atomic E-state index is 10.9. The molecule has 1 aromatic carbocycles. The first kappa shape index (κ1) is 10.9. The van der Waals surface area contributed by atoms with E-state index in [1.165, 1.54) is 6.42 Å². The Hall–Kier alpha value is -1.58. The molecule has 0 unspecified atom stereocenters. The van der Waals surface area contributed by atoms with Crippen LogP contribution in [0, 0.1) is 16.0 Å². The van der Waals surface area contributed by atoms with Crippen LogP contribution < -0.4 is 4.90 Å². The van der Waals surface area contributed by atoms with Gasteiger partial charge in [-0.1, -0.05) is 19.1 Å². The van der Waals surface area contributed by atoms with Gasteiger partial charge in [0, 0.05) is 19.2 Å². The van der Waals surface area contributed by atoms with E-state index in [0.717, 1.165) is 25.2 Å². The molecule has 0 aliphatic carbocycles. The van der Waals surface area contributed by atoms with Crippen LogP contribution in [0.15, 0.2) is 24.3 Å². The number of nitro benzene ring substituents is 1. The molecule has 86 valence electrons. The van der Waals surface area contributed by atoms with E-state index < -0.39 is 0 Å². The minimum absolute atomic E-state index is 0.219. The van der Waals surface area contributed by atoms with Gasteiger partial charge in [0.05, 0.1) is 4.92 Å². The molecule has 1 heterocycles.